The number of amides is 3. The van der Waals surface area contributed by atoms with Crippen LogP contribution in [0.15, 0.2) is 30.3 Å². The first-order valence-corrected chi connectivity index (χ1v) is 7.78. The molecule has 0 spiro atoms. The lowest BCUT2D eigenvalue weighted by atomic mass is 9.99. The molecule has 6 N–H and O–H groups in total. The standard InChI is InChI=1S/C15H23N5O2S/c1-3-10(2)12(18-14(16)22)13(21)19-20-15(23)17-9-11-7-5-4-6-8-11/h4-8,10,12H,3,9H2,1-2H3,(H,19,21)(H3,16,18,22)(H2,17,20,23). The number of hydrogen-bond donors (Lipinski definition) is 5. The smallest absolute Gasteiger partial charge is 0.312 e. The van der Waals surface area contributed by atoms with E-state index in [0.29, 0.717) is 6.54 Å². The van der Waals surface area contributed by atoms with Crippen LogP contribution >= 0.6 is 12.2 Å². The number of hydrogen-bond acceptors (Lipinski definition) is 3. The van der Waals surface area contributed by atoms with Crippen LogP contribution in [0, 0.1) is 5.92 Å². The summed E-state index contributed by atoms with van der Waals surface area (Å²) in [6, 6.07) is 8.26. The van der Waals surface area contributed by atoms with Crippen LogP contribution in [0.2, 0.25) is 0 Å². The molecule has 126 valence electrons. The summed E-state index contributed by atoms with van der Waals surface area (Å²) in [6.07, 6.45) is 0.717. The minimum Gasteiger partial charge on any atom is -0.357 e. The van der Waals surface area contributed by atoms with E-state index in [0.717, 1.165) is 12.0 Å². The number of carbonyl (C=O) groups is 2. The van der Waals surface area contributed by atoms with Crippen LogP contribution < -0.4 is 27.2 Å². The summed E-state index contributed by atoms with van der Waals surface area (Å²) in [5.74, 6) is -0.461. The Balaban J connectivity index is 2.43. The molecular formula is C15H23N5O2S. The number of benzene rings is 1. The van der Waals surface area contributed by atoms with Crippen LogP contribution in [0.3, 0.4) is 0 Å². The van der Waals surface area contributed by atoms with E-state index in [1.807, 2.05) is 44.2 Å². The lowest BCUT2D eigenvalue weighted by molar-refractivity contribution is -0.124. The Morgan fingerprint density at radius 2 is 1.87 bits per heavy atom. The van der Waals surface area contributed by atoms with Gasteiger partial charge >= 0.3 is 6.03 Å². The lowest BCUT2D eigenvalue weighted by Gasteiger charge is -2.23. The van der Waals surface area contributed by atoms with Crippen molar-refractivity contribution in [1.82, 2.24) is 21.5 Å². The average Bonchev–Trinajstić information content (AvgIpc) is 2.55. The number of hydrazine groups is 1. The number of urea groups is 1. The zero-order valence-electron chi connectivity index (χ0n) is 13.3. The first-order valence-electron chi connectivity index (χ1n) is 7.37. The van der Waals surface area contributed by atoms with Gasteiger partial charge in [0.2, 0.25) is 0 Å². The second-order valence-corrected chi connectivity index (χ2v) is 5.56. The molecule has 0 aliphatic heterocycles. The molecule has 0 heterocycles. The van der Waals surface area contributed by atoms with Crippen molar-refractivity contribution < 1.29 is 9.59 Å². The molecule has 3 amide bonds. The van der Waals surface area contributed by atoms with Gasteiger partial charge in [0.1, 0.15) is 6.04 Å². The number of primary amides is 1. The zero-order valence-corrected chi connectivity index (χ0v) is 14.1. The molecule has 8 heteroatoms. The molecular weight excluding hydrogens is 314 g/mol. The number of rotatable bonds is 6. The molecule has 1 aromatic rings. The van der Waals surface area contributed by atoms with Gasteiger partial charge in [-0.1, -0.05) is 50.6 Å². The largest absolute Gasteiger partial charge is 0.357 e. The number of nitrogens with two attached hydrogens (primary N) is 1. The van der Waals surface area contributed by atoms with Crippen molar-refractivity contribution >= 4 is 29.3 Å². The first kappa shape index (κ1) is 18.7. The van der Waals surface area contributed by atoms with Crippen molar-refractivity contribution in [2.45, 2.75) is 32.9 Å². The summed E-state index contributed by atoms with van der Waals surface area (Å²) in [6.45, 7) is 4.32. The maximum atomic E-state index is 12.1. The molecule has 2 unspecified atom stereocenters. The highest BCUT2D eigenvalue weighted by atomic mass is 32.1. The fourth-order valence-corrected chi connectivity index (χ4v) is 2.00. The van der Waals surface area contributed by atoms with E-state index in [-0.39, 0.29) is 11.0 Å². The van der Waals surface area contributed by atoms with Gasteiger partial charge in [0.05, 0.1) is 0 Å². The van der Waals surface area contributed by atoms with Gasteiger partial charge in [0, 0.05) is 6.54 Å². The molecule has 2 atom stereocenters. The Morgan fingerprint density at radius 1 is 1.22 bits per heavy atom. The van der Waals surface area contributed by atoms with Crippen molar-refractivity contribution in [3.05, 3.63) is 35.9 Å². The monoisotopic (exact) mass is 337 g/mol. The van der Waals surface area contributed by atoms with E-state index in [9.17, 15) is 9.59 Å². The Bertz CT molecular complexity index is 538. The third-order valence-electron chi connectivity index (χ3n) is 3.39. The SMILES string of the molecule is CCC(C)C(NC(N)=O)C(=O)NNC(=S)NCc1ccccc1. The first-order chi connectivity index (χ1) is 10.9. The Morgan fingerprint density at radius 3 is 2.43 bits per heavy atom. The summed E-state index contributed by atoms with van der Waals surface area (Å²) in [5.41, 5.74) is 11.3. The quantitative estimate of drug-likeness (QED) is 0.389. The van der Waals surface area contributed by atoms with Gasteiger partial charge in [-0.15, -0.1) is 0 Å². The highest BCUT2D eigenvalue weighted by Gasteiger charge is 2.25. The second kappa shape index (κ2) is 9.62. The average molecular weight is 337 g/mol. The minimum absolute atomic E-state index is 0.0600. The molecule has 0 saturated heterocycles. The molecule has 0 fully saturated rings. The molecule has 0 aromatic heterocycles. The summed E-state index contributed by atoms with van der Waals surface area (Å²) < 4.78 is 0. The molecule has 0 saturated carbocycles. The zero-order chi connectivity index (χ0) is 17.2. The Kier molecular flexibility index (Phi) is 7.82. The fraction of sp³-hybridized carbons (Fsp3) is 0.400. The number of nitrogens with one attached hydrogen (secondary N) is 4. The van der Waals surface area contributed by atoms with E-state index in [1.54, 1.807) is 0 Å². The highest BCUT2D eigenvalue weighted by Crippen LogP contribution is 2.07. The summed E-state index contributed by atoms with van der Waals surface area (Å²) in [5, 5.41) is 5.69. The number of thiocarbonyl (C=S) groups is 1. The van der Waals surface area contributed by atoms with E-state index >= 15 is 0 Å². The molecule has 0 aliphatic rings. The molecule has 0 radical (unpaired) electrons. The van der Waals surface area contributed by atoms with Crippen molar-refractivity contribution in [1.29, 1.82) is 0 Å². The van der Waals surface area contributed by atoms with Crippen molar-refractivity contribution in [2.75, 3.05) is 0 Å². The lowest BCUT2D eigenvalue weighted by Crippen LogP contribution is -2.56. The fourth-order valence-electron chi connectivity index (χ4n) is 1.87. The van der Waals surface area contributed by atoms with E-state index in [4.69, 9.17) is 18.0 Å². The summed E-state index contributed by atoms with van der Waals surface area (Å²) >= 11 is 5.09. The van der Waals surface area contributed by atoms with Gasteiger partial charge in [0.15, 0.2) is 5.11 Å². The maximum absolute atomic E-state index is 12.1. The molecule has 1 rings (SSSR count). The van der Waals surface area contributed by atoms with Gasteiger partial charge in [0.25, 0.3) is 5.91 Å². The van der Waals surface area contributed by atoms with E-state index in [1.165, 1.54) is 0 Å². The molecule has 7 nitrogen and oxygen atoms in total. The van der Waals surface area contributed by atoms with Crippen LogP contribution in [-0.2, 0) is 11.3 Å². The molecule has 23 heavy (non-hydrogen) atoms. The van der Waals surface area contributed by atoms with Crippen molar-refractivity contribution in [3.8, 4) is 0 Å². The third kappa shape index (κ3) is 6.96. The van der Waals surface area contributed by atoms with Gasteiger partial charge in [-0.3, -0.25) is 15.6 Å². The number of carbonyl (C=O) groups excluding carboxylic acids is 2. The Hall–Kier alpha value is -2.35. The second-order valence-electron chi connectivity index (χ2n) is 5.15. The predicted octanol–water partition coefficient (Wildman–Crippen LogP) is 0.765. The maximum Gasteiger partial charge on any atom is 0.312 e. The third-order valence-corrected chi connectivity index (χ3v) is 3.63. The van der Waals surface area contributed by atoms with E-state index < -0.39 is 18.0 Å². The predicted molar refractivity (Wildman–Crippen MR) is 93.1 cm³/mol. The highest BCUT2D eigenvalue weighted by molar-refractivity contribution is 7.80. The van der Waals surface area contributed by atoms with Crippen molar-refractivity contribution in [2.24, 2.45) is 11.7 Å². The van der Waals surface area contributed by atoms with Crippen LogP contribution in [0.25, 0.3) is 0 Å². The topological polar surface area (TPSA) is 108 Å². The van der Waals surface area contributed by atoms with Gasteiger partial charge in [-0.25, -0.2) is 4.79 Å². The summed E-state index contributed by atoms with van der Waals surface area (Å²) in [4.78, 5) is 23.1. The normalized spacial score (nSPS) is 12.6. The van der Waals surface area contributed by atoms with Crippen LogP contribution in [0.5, 0.6) is 0 Å². The van der Waals surface area contributed by atoms with Crippen molar-refractivity contribution in [3.63, 3.8) is 0 Å². The van der Waals surface area contributed by atoms with Crippen LogP contribution in [0.1, 0.15) is 25.8 Å². The van der Waals surface area contributed by atoms with Crippen LogP contribution in [0.4, 0.5) is 4.79 Å². The van der Waals surface area contributed by atoms with E-state index in [2.05, 4.69) is 21.5 Å². The molecule has 0 bridgehead atoms. The molecule has 0 aliphatic carbocycles. The molecule has 1 aromatic carbocycles. The van der Waals surface area contributed by atoms with Gasteiger partial charge in [-0.05, 0) is 23.7 Å². The Labute approximate surface area is 141 Å². The van der Waals surface area contributed by atoms with Crippen LogP contribution in [-0.4, -0.2) is 23.1 Å². The van der Waals surface area contributed by atoms with Gasteiger partial charge in [-0.2, -0.15) is 0 Å². The minimum atomic E-state index is -0.741. The summed E-state index contributed by atoms with van der Waals surface area (Å²) in [7, 11) is 0. The van der Waals surface area contributed by atoms with Gasteiger partial charge < -0.3 is 16.4 Å².